The van der Waals surface area contributed by atoms with Gasteiger partial charge in [0.25, 0.3) is 0 Å². The van der Waals surface area contributed by atoms with Gasteiger partial charge in [0.1, 0.15) is 11.0 Å². The van der Waals surface area contributed by atoms with Crippen molar-refractivity contribution in [3.05, 3.63) is 194 Å². The highest BCUT2D eigenvalue weighted by atomic mass is 32.1. The summed E-state index contributed by atoms with van der Waals surface area (Å²) in [4.78, 5) is 0. The van der Waals surface area contributed by atoms with Gasteiger partial charge in [-0.2, -0.15) is 8.75 Å². The summed E-state index contributed by atoms with van der Waals surface area (Å²) < 4.78 is 19.8. The molecule has 14 rings (SSSR count). The summed E-state index contributed by atoms with van der Waals surface area (Å²) in [7, 11) is 0. The van der Waals surface area contributed by atoms with Crippen LogP contribution in [-0.4, -0.2) is 27.0 Å². The first-order valence-corrected chi connectivity index (χ1v) is 21.3. The van der Waals surface area contributed by atoms with Gasteiger partial charge in [0, 0.05) is 54.5 Å². The summed E-state index contributed by atoms with van der Waals surface area (Å²) in [5, 5.41) is 9.77. The lowest BCUT2D eigenvalue weighted by Gasteiger charge is -2.14. The molecule has 284 valence electrons. The minimum absolute atomic E-state index is 0.874. The first kappa shape index (κ1) is 32.9. The van der Waals surface area contributed by atoms with E-state index in [1.54, 1.807) is 0 Å². The molecule has 6 nitrogen and oxygen atoms in total. The third-order valence-electron chi connectivity index (χ3n) is 12.8. The van der Waals surface area contributed by atoms with Crippen LogP contribution in [0.15, 0.2) is 194 Å². The quantitative estimate of drug-likeness (QED) is 0.178. The van der Waals surface area contributed by atoms with Crippen LogP contribution < -0.4 is 0 Å². The van der Waals surface area contributed by atoms with E-state index >= 15 is 0 Å². The first-order valence-electron chi connectivity index (χ1n) is 20.6. The molecule has 5 aromatic heterocycles. The molecule has 9 aromatic carbocycles. The third kappa shape index (κ3) is 4.45. The standard InChI is InChI=1S/C54H32N6S/c1-3-15-33(16-4-1)57-43-23-11-7-19-35(43)39-29-41-37-21-9-13-25-45(37)59(51(41)31-49(39)57)47-27-28-48(54-53(47)55-61-56-54)60-46-26-14-10-22-38(46)42-30-40-36-20-8-12-24-44(36)58(50(40)32-52(42)60)34-17-5-2-6-18-34/h1-32H. The second-order valence-corrected chi connectivity index (χ2v) is 16.4. The van der Waals surface area contributed by atoms with Crippen molar-refractivity contribution >= 4 is 110 Å². The smallest absolute Gasteiger partial charge is 0.130 e. The summed E-state index contributed by atoms with van der Waals surface area (Å²) in [6, 6.07) is 70.4. The number of hydrogen-bond donors (Lipinski definition) is 0. The molecule has 0 bridgehead atoms. The van der Waals surface area contributed by atoms with Gasteiger partial charge < -0.3 is 18.3 Å². The van der Waals surface area contributed by atoms with Gasteiger partial charge in [-0.05, 0) is 84.9 Å². The summed E-state index contributed by atoms with van der Waals surface area (Å²) in [6.45, 7) is 0. The zero-order valence-electron chi connectivity index (χ0n) is 32.6. The molecule has 0 N–H and O–H groups in total. The number of aromatic nitrogens is 6. The Morgan fingerprint density at radius 3 is 0.951 bits per heavy atom. The maximum Gasteiger partial charge on any atom is 0.130 e. The van der Waals surface area contributed by atoms with E-state index in [0.717, 1.165) is 66.9 Å². The van der Waals surface area contributed by atoms with Crippen molar-refractivity contribution < 1.29 is 0 Å². The van der Waals surface area contributed by atoms with Crippen molar-refractivity contribution in [2.24, 2.45) is 0 Å². The Balaban J connectivity index is 1.06. The zero-order valence-corrected chi connectivity index (χ0v) is 33.4. The molecule has 61 heavy (non-hydrogen) atoms. The Bertz CT molecular complexity index is 3840. The Hall–Kier alpha value is -8.00. The molecule has 5 heterocycles. The zero-order chi connectivity index (χ0) is 39.8. The van der Waals surface area contributed by atoms with Crippen molar-refractivity contribution in [1.82, 2.24) is 27.0 Å². The van der Waals surface area contributed by atoms with Crippen LogP contribution in [-0.2, 0) is 0 Å². The molecular formula is C54H32N6S. The van der Waals surface area contributed by atoms with Crippen LogP contribution in [0.3, 0.4) is 0 Å². The van der Waals surface area contributed by atoms with Crippen LogP contribution in [0.5, 0.6) is 0 Å². The van der Waals surface area contributed by atoms with Crippen LogP contribution in [0, 0.1) is 0 Å². The predicted molar refractivity (Wildman–Crippen MR) is 255 cm³/mol. The molecule has 0 atom stereocenters. The van der Waals surface area contributed by atoms with Crippen molar-refractivity contribution in [2.45, 2.75) is 0 Å². The maximum atomic E-state index is 5.10. The average molecular weight is 797 g/mol. The molecule has 0 fully saturated rings. The van der Waals surface area contributed by atoms with Crippen LogP contribution in [0.2, 0.25) is 0 Å². The summed E-state index contributed by atoms with van der Waals surface area (Å²) in [5.74, 6) is 0. The highest BCUT2D eigenvalue weighted by Crippen LogP contribution is 2.43. The Labute approximate surface area is 352 Å². The van der Waals surface area contributed by atoms with E-state index in [1.807, 2.05) is 0 Å². The number of benzene rings is 9. The number of hydrogen-bond acceptors (Lipinski definition) is 3. The highest BCUT2D eigenvalue weighted by molar-refractivity contribution is 7.00. The van der Waals surface area contributed by atoms with Gasteiger partial charge in [-0.25, -0.2) is 0 Å². The molecule has 0 spiro atoms. The van der Waals surface area contributed by atoms with E-state index in [-0.39, 0.29) is 0 Å². The van der Waals surface area contributed by atoms with Crippen LogP contribution in [0.1, 0.15) is 0 Å². The largest absolute Gasteiger partial charge is 0.309 e. The van der Waals surface area contributed by atoms with Crippen molar-refractivity contribution in [1.29, 1.82) is 0 Å². The van der Waals surface area contributed by atoms with E-state index in [1.165, 1.54) is 65.9 Å². The van der Waals surface area contributed by atoms with Crippen LogP contribution >= 0.6 is 11.7 Å². The summed E-state index contributed by atoms with van der Waals surface area (Å²) >= 11 is 1.27. The number of nitrogens with zero attached hydrogens (tertiary/aromatic N) is 6. The minimum Gasteiger partial charge on any atom is -0.309 e. The van der Waals surface area contributed by atoms with Crippen molar-refractivity contribution in [2.75, 3.05) is 0 Å². The topological polar surface area (TPSA) is 45.5 Å². The summed E-state index contributed by atoms with van der Waals surface area (Å²) in [6.07, 6.45) is 0. The number of rotatable bonds is 4. The van der Waals surface area contributed by atoms with Gasteiger partial charge in [-0.1, -0.05) is 109 Å². The molecule has 0 amide bonds. The fourth-order valence-corrected chi connectivity index (χ4v) is 10.9. The van der Waals surface area contributed by atoms with Gasteiger partial charge in [-0.3, -0.25) is 0 Å². The lowest BCUT2D eigenvalue weighted by Crippen LogP contribution is -2.00. The van der Waals surface area contributed by atoms with Gasteiger partial charge in [0.15, 0.2) is 0 Å². The molecule has 0 aliphatic heterocycles. The Kier molecular flexibility index (Phi) is 6.62. The van der Waals surface area contributed by atoms with Crippen molar-refractivity contribution in [3.8, 4) is 22.7 Å². The van der Waals surface area contributed by atoms with E-state index in [2.05, 4.69) is 212 Å². The second-order valence-electron chi connectivity index (χ2n) is 15.9. The van der Waals surface area contributed by atoms with E-state index in [4.69, 9.17) is 8.75 Å². The molecular weight excluding hydrogens is 765 g/mol. The summed E-state index contributed by atoms with van der Waals surface area (Å²) in [5.41, 5.74) is 15.3. The molecule has 7 heteroatoms. The van der Waals surface area contributed by atoms with Crippen LogP contribution in [0.4, 0.5) is 0 Å². The highest BCUT2D eigenvalue weighted by Gasteiger charge is 2.24. The molecule has 14 aromatic rings. The van der Waals surface area contributed by atoms with Crippen molar-refractivity contribution in [3.63, 3.8) is 0 Å². The van der Waals surface area contributed by atoms with Crippen LogP contribution in [0.25, 0.3) is 121 Å². The Morgan fingerprint density at radius 1 is 0.262 bits per heavy atom. The third-order valence-corrected chi connectivity index (χ3v) is 13.3. The molecule has 0 unspecified atom stereocenters. The maximum absolute atomic E-state index is 5.10. The Morgan fingerprint density at radius 2 is 0.574 bits per heavy atom. The molecule has 0 radical (unpaired) electrons. The van der Waals surface area contributed by atoms with Gasteiger partial charge in [0.05, 0.1) is 67.2 Å². The normalized spacial score (nSPS) is 12.3. The van der Waals surface area contributed by atoms with Gasteiger partial charge >= 0.3 is 0 Å². The minimum atomic E-state index is 0.874. The molecule has 0 saturated heterocycles. The van der Waals surface area contributed by atoms with Gasteiger partial charge in [-0.15, -0.1) is 0 Å². The number of fused-ring (bicyclic) bond motifs is 13. The van der Waals surface area contributed by atoms with Gasteiger partial charge in [0.2, 0.25) is 0 Å². The predicted octanol–water partition coefficient (Wildman–Crippen LogP) is 14.1. The van der Waals surface area contributed by atoms with E-state index in [9.17, 15) is 0 Å². The first-order chi connectivity index (χ1) is 30.3. The SMILES string of the molecule is c1ccc(-n2c3ccccc3c3cc4c5ccccc5n(-c5ccc(-n6c7ccccc7c7cc8c9ccccc9n(-c9ccccc9)c8cc76)c6nsnc56)c4cc32)cc1. The molecule has 0 aliphatic rings. The average Bonchev–Trinajstić information content (AvgIpc) is 4.14. The number of para-hydroxylation sites is 6. The van der Waals surface area contributed by atoms with E-state index in [0.29, 0.717) is 0 Å². The second kappa shape index (κ2) is 12.3. The molecule has 0 aliphatic carbocycles. The lowest BCUT2D eigenvalue weighted by molar-refractivity contribution is 1.15. The van der Waals surface area contributed by atoms with E-state index < -0.39 is 0 Å². The molecule has 0 saturated carbocycles. The fourth-order valence-electron chi connectivity index (χ4n) is 10.3. The fraction of sp³-hybridized carbons (Fsp3) is 0. The monoisotopic (exact) mass is 796 g/mol. The lowest BCUT2D eigenvalue weighted by atomic mass is 10.1.